The average Bonchev–Trinajstić information content (AvgIpc) is 2.68. The maximum atomic E-state index is 13.0. The van der Waals surface area contributed by atoms with E-state index in [1.807, 2.05) is 48.5 Å². The van der Waals surface area contributed by atoms with Crippen LogP contribution in [0.2, 0.25) is 0 Å². The van der Waals surface area contributed by atoms with Gasteiger partial charge in [-0.1, -0.05) is 24.3 Å². The molecule has 2 aromatic carbocycles. The number of benzene rings is 2. The van der Waals surface area contributed by atoms with Gasteiger partial charge in [-0.3, -0.25) is 4.79 Å². The third-order valence-corrected chi connectivity index (χ3v) is 4.66. The fourth-order valence-electron chi connectivity index (χ4n) is 3.44. The van der Waals surface area contributed by atoms with Crippen LogP contribution in [0.5, 0.6) is 0 Å². The summed E-state index contributed by atoms with van der Waals surface area (Å²) in [5.74, 6) is 1.30. The lowest BCUT2D eigenvalue weighted by Crippen LogP contribution is -2.37. The average molecular weight is 332 g/mol. The Morgan fingerprint density at radius 2 is 1.60 bits per heavy atom. The molecule has 25 heavy (non-hydrogen) atoms. The Kier molecular flexibility index (Phi) is 3.18. The van der Waals surface area contributed by atoms with Crippen molar-refractivity contribution >= 4 is 33.4 Å². The predicted molar refractivity (Wildman–Crippen MR) is 97.3 cm³/mol. The first-order valence-electron chi connectivity index (χ1n) is 8.36. The number of hydrogen-bond donors (Lipinski definition) is 0. The summed E-state index contributed by atoms with van der Waals surface area (Å²) in [7, 11) is 0. The molecule has 1 aliphatic heterocycles. The Labute approximate surface area is 143 Å². The first-order valence-corrected chi connectivity index (χ1v) is 8.36. The third kappa shape index (κ3) is 2.18. The maximum absolute atomic E-state index is 13.0. The largest absolute Gasteiger partial charge is 0.378 e. The van der Waals surface area contributed by atoms with E-state index in [2.05, 4.69) is 9.88 Å². The number of ether oxygens (including phenoxy) is 1. The van der Waals surface area contributed by atoms with Crippen LogP contribution in [-0.4, -0.2) is 40.7 Å². The second kappa shape index (κ2) is 5.53. The summed E-state index contributed by atoms with van der Waals surface area (Å²) < 4.78 is 7.07. The molecule has 0 amide bonds. The lowest BCUT2D eigenvalue weighted by molar-refractivity contribution is 0.122. The van der Waals surface area contributed by atoms with Crippen LogP contribution >= 0.6 is 0 Å². The maximum Gasteiger partial charge on any atom is 0.267 e. The van der Waals surface area contributed by atoms with Crippen molar-refractivity contribution in [3.63, 3.8) is 0 Å². The Bertz CT molecular complexity index is 1160. The number of anilines is 1. The van der Waals surface area contributed by atoms with Crippen LogP contribution in [0, 0.1) is 0 Å². The van der Waals surface area contributed by atoms with Crippen LogP contribution in [0.1, 0.15) is 0 Å². The minimum absolute atomic E-state index is 0.0853. The molecule has 5 rings (SSSR count). The summed E-state index contributed by atoms with van der Waals surface area (Å²) in [6, 6.07) is 15.3. The van der Waals surface area contributed by atoms with Gasteiger partial charge in [0, 0.05) is 18.5 Å². The van der Waals surface area contributed by atoms with Gasteiger partial charge in [-0.15, -0.1) is 0 Å². The van der Waals surface area contributed by atoms with Gasteiger partial charge in [-0.25, -0.2) is 9.38 Å². The Hall–Kier alpha value is -2.99. The highest BCUT2D eigenvalue weighted by Crippen LogP contribution is 2.26. The van der Waals surface area contributed by atoms with Crippen LogP contribution in [0.25, 0.3) is 27.6 Å². The molecule has 4 aromatic rings. The van der Waals surface area contributed by atoms with E-state index in [0.29, 0.717) is 29.9 Å². The molecular weight excluding hydrogens is 316 g/mol. The van der Waals surface area contributed by atoms with E-state index in [4.69, 9.17) is 9.72 Å². The number of para-hydroxylation sites is 2. The van der Waals surface area contributed by atoms with Gasteiger partial charge in [0.1, 0.15) is 5.82 Å². The fraction of sp³-hybridized carbons (Fsp3) is 0.211. The van der Waals surface area contributed by atoms with E-state index in [1.165, 1.54) is 0 Å². The molecule has 1 aliphatic rings. The number of nitrogens with zero attached hydrogens (tertiary/aromatic N) is 4. The van der Waals surface area contributed by atoms with Gasteiger partial charge in [0.05, 0.1) is 29.6 Å². The Morgan fingerprint density at radius 1 is 0.880 bits per heavy atom. The SMILES string of the molecule is O=c1c2ccccc2nc2nc(N3CCOCC3)c3ccccc3n12. The van der Waals surface area contributed by atoms with Crippen LogP contribution in [0.15, 0.2) is 53.3 Å². The topological polar surface area (TPSA) is 59.7 Å². The number of aromatic nitrogens is 3. The quantitative estimate of drug-likeness (QED) is 0.395. The first-order chi connectivity index (χ1) is 12.3. The molecule has 6 heteroatoms. The summed E-state index contributed by atoms with van der Waals surface area (Å²) >= 11 is 0. The minimum atomic E-state index is -0.0853. The summed E-state index contributed by atoms with van der Waals surface area (Å²) in [4.78, 5) is 24.6. The molecule has 2 aromatic heterocycles. The van der Waals surface area contributed by atoms with Crippen molar-refractivity contribution in [2.75, 3.05) is 31.2 Å². The molecule has 0 spiro atoms. The summed E-state index contributed by atoms with van der Waals surface area (Å²) in [6.45, 7) is 2.92. The second-order valence-corrected chi connectivity index (χ2v) is 6.12. The van der Waals surface area contributed by atoms with E-state index in [9.17, 15) is 4.79 Å². The fourth-order valence-corrected chi connectivity index (χ4v) is 3.44. The molecule has 0 saturated carbocycles. The van der Waals surface area contributed by atoms with Crippen molar-refractivity contribution < 1.29 is 4.74 Å². The smallest absolute Gasteiger partial charge is 0.267 e. The van der Waals surface area contributed by atoms with Crippen molar-refractivity contribution in [3.05, 3.63) is 58.9 Å². The van der Waals surface area contributed by atoms with Crippen molar-refractivity contribution in [2.24, 2.45) is 0 Å². The number of morpholine rings is 1. The number of fused-ring (bicyclic) bond motifs is 4. The van der Waals surface area contributed by atoms with Crippen molar-refractivity contribution in [3.8, 4) is 0 Å². The number of rotatable bonds is 1. The lowest BCUT2D eigenvalue weighted by Gasteiger charge is -2.29. The highest BCUT2D eigenvalue weighted by Gasteiger charge is 2.19. The van der Waals surface area contributed by atoms with Gasteiger partial charge < -0.3 is 9.64 Å². The lowest BCUT2D eigenvalue weighted by atomic mass is 10.2. The molecule has 0 radical (unpaired) electrons. The summed E-state index contributed by atoms with van der Waals surface area (Å²) in [5, 5.41) is 1.56. The zero-order valence-corrected chi connectivity index (χ0v) is 13.6. The van der Waals surface area contributed by atoms with E-state index >= 15 is 0 Å². The van der Waals surface area contributed by atoms with Crippen molar-refractivity contribution in [1.29, 1.82) is 0 Å². The zero-order chi connectivity index (χ0) is 16.8. The second-order valence-electron chi connectivity index (χ2n) is 6.12. The molecule has 1 fully saturated rings. The Balaban J connectivity index is 1.92. The zero-order valence-electron chi connectivity index (χ0n) is 13.6. The van der Waals surface area contributed by atoms with Crippen LogP contribution in [0.4, 0.5) is 5.82 Å². The van der Waals surface area contributed by atoms with E-state index in [-0.39, 0.29) is 5.56 Å². The molecule has 1 saturated heterocycles. The molecule has 0 bridgehead atoms. The van der Waals surface area contributed by atoms with Crippen LogP contribution in [-0.2, 0) is 4.74 Å². The van der Waals surface area contributed by atoms with Gasteiger partial charge in [0.15, 0.2) is 0 Å². The molecule has 0 atom stereocenters. The highest BCUT2D eigenvalue weighted by molar-refractivity contribution is 5.93. The van der Waals surface area contributed by atoms with Gasteiger partial charge in [-0.2, -0.15) is 4.98 Å². The molecule has 6 nitrogen and oxygen atoms in total. The van der Waals surface area contributed by atoms with Crippen molar-refractivity contribution in [1.82, 2.24) is 14.4 Å². The summed E-state index contributed by atoms with van der Waals surface area (Å²) in [6.07, 6.45) is 0. The van der Waals surface area contributed by atoms with Gasteiger partial charge >= 0.3 is 0 Å². The molecule has 0 unspecified atom stereocenters. The molecule has 0 N–H and O–H groups in total. The standard InChI is InChI=1S/C19H16N4O2/c24-18-13-5-1-3-7-15(13)20-19-21-17(22-9-11-25-12-10-22)14-6-2-4-8-16(14)23(18)19/h1-8H,9-12H2. The van der Waals surface area contributed by atoms with Gasteiger partial charge in [-0.05, 0) is 24.3 Å². The minimum Gasteiger partial charge on any atom is -0.378 e. The van der Waals surface area contributed by atoms with Gasteiger partial charge in [0.2, 0.25) is 5.78 Å². The monoisotopic (exact) mass is 332 g/mol. The van der Waals surface area contributed by atoms with E-state index in [1.54, 1.807) is 4.40 Å². The Morgan fingerprint density at radius 3 is 2.44 bits per heavy atom. The predicted octanol–water partition coefficient (Wildman–Crippen LogP) is 2.23. The molecule has 0 aliphatic carbocycles. The van der Waals surface area contributed by atoms with E-state index < -0.39 is 0 Å². The summed E-state index contributed by atoms with van der Waals surface area (Å²) in [5.41, 5.74) is 1.42. The van der Waals surface area contributed by atoms with E-state index in [0.717, 1.165) is 29.8 Å². The first kappa shape index (κ1) is 14.4. The third-order valence-electron chi connectivity index (χ3n) is 4.66. The number of hydrogen-bond acceptors (Lipinski definition) is 5. The van der Waals surface area contributed by atoms with Crippen LogP contribution in [0.3, 0.4) is 0 Å². The highest BCUT2D eigenvalue weighted by atomic mass is 16.5. The molecular formula is C19H16N4O2. The van der Waals surface area contributed by atoms with Crippen LogP contribution < -0.4 is 10.5 Å². The molecule has 3 heterocycles. The molecule has 124 valence electrons. The van der Waals surface area contributed by atoms with Gasteiger partial charge in [0.25, 0.3) is 5.56 Å². The van der Waals surface area contributed by atoms with Crippen molar-refractivity contribution in [2.45, 2.75) is 0 Å². The normalized spacial score (nSPS) is 15.3.